The first-order valence-corrected chi connectivity index (χ1v) is 7.47. The lowest BCUT2D eigenvalue weighted by molar-refractivity contribution is -0.122. The first-order valence-electron chi connectivity index (χ1n) is 7.06. The van der Waals surface area contributed by atoms with Crippen LogP contribution in [0.4, 0.5) is 0 Å². The number of aromatic nitrogens is 1. The fraction of sp³-hybridized carbons (Fsp3) is 0.400. The molecule has 2 aromatic rings. The lowest BCUT2D eigenvalue weighted by Crippen LogP contribution is -2.46. The monoisotopic (exact) mass is 321 g/mol. The maximum Gasteiger partial charge on any atom is 0.266 e. The predicted octanol–water partition coefficient (Wildman–Crippen LogP) is 2.38. The lowest BCUT2D eigenvalue weighted by atomic mass is 10.0. The van der Waals surface area contributed by atoms with Crippen LogP contribution in [0, 0.1) is 10.8 Å². The van der Waals surface area contributed by atoms with Crippen molar-refractivity contribution >= 4 is 35.1 Å². The highest BCUT2D eigenvalue weighted by Crippen LogP contribution is 2.16. The summed E-state index contributed by atoms with van der Waals surface area (Å²) in [6, 6.07) is 4.42. The van der Waals surface area contributed by atoms with Crippen molar-refractivity contribution in [1.82, 2.24) is 15.6 Å². The molecule has 22 heavy (non-hydrogen) atoms. The quantitative estimate of drug-likeness (QED) is 0.738. The van der Waals surface area contributed by atoms with Gasteiger partial charge in [0.2, 0.25) is 5.91 Å². The summed E-state index contributed by atoms with van der Waals surface area (Å²) in [7, 11) is 1.55. The molecule has 7 heteroatoms. The van der Waals surface area contributed by atoms with Crippen molar-refractivity contribution in [2.75, 3.05) is 7.05 Å². The van der Waals surface area contributed by atoms with E-state index in [1.165, 1.54) is 0 Å². The molecule has 3 N–H and O–H groups in total. The molecule has 2 rings (SSSR count). The summed E-state index contributed by atoms with van der Waals surface area (Å²) in [6.07, 6.45) is 0.568. The molecule has 2 amide bonds. The van der Waals surface area contributed by atoms with Crippen LogP contribution in [0.15, 0.2) is 22.6 Å². The van der Waals surface area contributed by atoms with Crippen molar-refractivity contribution < 1.29 is 14.0 Å². The van der Waals surface area contributed by atoms with Gasteiger partial charge in [-0.2, -0.15) is 0 Å². The Bertz CT molecular complexity index is 748. The zero-order valence-electron chi connectivity index (χ0n) is 12.7. The van der Waals surface area contributed by atoms with E-state index in [1.807, 2.05) is 13.8 Å². The second kappa shape index (κ2) is 6.74. The lowest BCUT2D eigenvalue weighted by Gasteiger charge is -2.19. The number of rotatable bonds is 5. The number of likely N-dealkylation sites (N-methyl/N-ethyl adjacent to an activating group) is 1. The fourth-order valence-electron chi connectivity index (χ4n) is 2.21. The first-order chi connectivity index (χ1) is 10.4. The van der Waals surface area contributed by atoms with Crippen LogP contribution in [0.25, 0.3) is 11.1 Å². The molecule has 0 saturated heterocycles. The van der Waals surface area contributed by atoms with Gasteiger partial charge in [0, 0.05) is 12.6 Å². The predicted molar refractivity (Wildman–Crippen MR) is 86.2 cm³/mol. The summed E-state index contributed by atoms with van der Waals surface area (Å²) in [5, 5.41) is 5.33. The zero-order valence-corrected chi connectivity index (χ0v) is 13.5. The molecule has 1 aromatic carbocycles. The van der Waals surface area contributed by atoms with Crippen LogP contribution >= 0.6 is 12.2 Å². The van der Waals surface area contributed by atoms with E-state index >= 15 is 0 Å². The third kappa shape index (κ3) is 3.73. The molecule has 1 heterocycles. The van der Waals surface area contributed by atoms with Gasteiger partial charge in [0.25, 0.3) is 10.7 Å². The summed E-state index contributed by atoms with van der Waals surface area (Å²) in [5.41, 5.74) is 1.66. The third-order valence-electron chi connectivity index (χ3n) is 3.26. The van der Waals surface area contributed by atoms with Crippen LogP contribution < -0.4 is 10.6 Å². The van der Waals surface area contributed by atoms with Crippen LogP contribution in [0.5, 0.6) is 0 Å². The normalized spacial score (nSPS) is 12.4. The highest BCUT2D eigenvalue weighted by atomic mass is 32.1. The molecule has 118 valence electrons. The molecule has 1 unspecified atom stereocenters. The van der Waals surface area contributed by atoms with E-state index in [2.05, 4.69) is 15.6 Å². The Hall–Kier alpha value is -2.15. The molecule has 0 aliphatic heterocycles. The maximum atomic E-state index is 12.3. The Morgan fingerprint density at radius 2 is 2.09 bits per heavy atom. The Morgan fingerprint density at radius 3 is 2.73 bits per heavy atom. The Morgan fingerprint density at radius 1 is 1.36 bits per heavy atom. The average molecular weight is 321 g/mol. The number of amides is 2. The minimum absolute atomic E-state index is 0.206. The van der Waals surface area contributed by atoms with Crippen LogP contribution in [0.3, 0.4) is 0 Å². The number of hydrogen-bond donors (Lipinski definition) is 3. The fourth-order valence-corrected chi connectivity index (χ4v) is 2.41. The summed E-state index contributed by atoms with van der Waals surface area (Å²) in [6.45, 7) is 4.00. The summed E-state index contributed by atoms with van der Waals surface area (Å²) in [5.74, 6) is -0.242. The number of hydrogen-bond acceptors (Lipinski definition) is 4. The van der Waals surface area contributed by atoms with Gasteiger partial charge < -0.3 is 20.0 Å². The second-order valence-electron chi connectivity index (χ2n) is 5.50. The van der Waals surface area contributed by atoms with Gasteiger partial charge in [0.1, 0.15) is 6.04 Å². The second-order valence-corrected chi connectivity index (χ2v) is 5.87. The molecule has 6 nitrogen and oxygen atoms in total. The van der Waals surface area contributed by atoms with Gasteiger partial charge in [-0.15, -0.1) is 0 Å². The number of benzene rings is 1. The van der Waals surface area contributed by atoms with E-state index < -0.39 is 6.04 Å². The van der Waals surface area contributed by atoms with Crippen molar-refractivity contribution in [2.24, 2.45) is 5.92 Å². The van der Waals surface area contributed by atoms with Crippen molar-refractivity contribution in [2.45, 2.75) is 26.3 Å². The number of oxazole rings is 1. The van der Waals surface area contributed by atoms with Gasteiger partial charge in [-0.3, -0.25) is 9.59 Å². The molecule has 0 spiro atoms. The van der Waals surface area contributed by atoms with Crippen LogP contribution in [0.2, 0.25) is 0 Å². The largest absolute Gasteiger partial charge is 0.429 e. The Kier molecular flexibility index (Phi) is 4.97. The molecule has 0 radical (unpaired) electrons. The molecular formula is C15H19N3O3S. The third-order valence-corrected chi connectivity index (χ3v) is 3.44. The molecule has 1 aromatic heterocycles. The number of H-pyrrole nitrogens is 1. The van der Waals surface area contributed by atoms with Crippen molar-refractivity contribution in [3.8, 4) is 0 Å². The molecule has 0 aliphatic carbocycles. The molecule has 0 fully saturated rings. The van der Waals surface area contributed by atoms with E-state index in [4.69, 9.17) is 16.6 Å². The van der Waals surface area contributed by atoms with E-state index in [1.54, 1.807) is 25.2 Å². The van der Waals surface area contributed by atoms with Gasteiger partial charge in [-0.1, -0.05) is 13.8 Å². The SMILES string of the molecule is CNC(=O)C(CC(C)C)NC(=O)c1ccc2[nH]c(=S)oc2c1. The van der Waals surface area contributed by atoms with Crippen LogP contribution in [0.1, 0.15) is 30.6 Å². The van der Waals surface area contributed by atoms with Gasteiger partial charge in [0.15, 0.2) is 5.58 Å². The highest BCUT2D eigenvalue weighted by Gasteiger charge is 2.21. The molecule has 0 bridgehead atoms. The molecule has 0 saturated carbocycles. The summed E-state index contributed by atoms with van der Waals surface area (Å²) >= 11 is 4.91. The van der Waals surface area contributed by atoms with Crippen molar-refractivity contribution in [3.63, 3.8) is 0 Å². The molecular weight excluding hydrogens is 302 g/mol. The van der Waals surface area contributed by atoms with Gasteiger partial charge in [0.05, 0.1) is 5.52 Å². The molecule has 0 aliphatic rings. The van der Waals surface area contributed by atoms with Crippen molar-refractivity contribution in [1.29, 1.82) is 0 Å². The number of aromatic amines is 1. The van der Waals surface area contributed by atoms with E-state index in [-0.39, 0.29) is 22.6 Å². The number of carbonyl (C=O) groups excluding carboxylic acids is 2. The Balaban J connectivity index is 2.20. The van der Waals surface area contributed by atoms with E-state index in [9.17, 15) is 9.59 Å². The first kappa shape index (κ1) is 16.2. The van der Waals surface area contributed by atoms with Gasteiger partial charge >= 0.3 is 0 Å². The topological polar surface area (TPSA) is 87.1 Å². The average Bonchev–Trinajstić information content (AvgIpc) is 2.84. The van der Waals surface area contributed by atoms with Crippen LogP contribution in [-0.4, -0.2) is 29.9 Å². The van der Waals surface area contributed by atoms with Crippen molar-refractivity contribution in [3.05, 3.63) is 28.6 Å². The Labute approximate surface area is 133 Å². The van der Waals surface area contributed by atoms with Gasteiger partial charge in [-0.25, -0.2) is 0 Å². The standard InChI is InChI=1S/C15H19N3O3S/c1-8(2)6-11(14(20)16-3)17-13(19)9-4-5-10-12(7-9)21-15(22)18-10/h4-5,7-8,11H,6H2,1-3H3,(H,16,20)(H,17,19)(H,18,22). The summed E-state index contributed by atoms with van der Waals surface area (Å²) < 4.78 is 5.30. The van der Waals surface area contributed by atoms with Crippen LogP contribution in [-0.2, 0) is 4.79 Å². The number of fused-ring (bicyclic) bond motifs is 1. The zero-order chi connectivity index (χ0) is 16.3. The van der Waals surface area contributed by atoms with Gasteiger partial charge in [-0.05, 0) is 42.8 Å². The number of carbonyl (C=O) groups is 2. The number of nitrogens with one attached hydrogen (secondary N) is 3. The van der Waals surface area contributed by atoms with E-state index in [0.29, 0.717) is 17.6 Å². The van der Waals surface area contributed by atoms with E-state index in [0.717, 1.165) is 5.52 Å². The highest BCUT2D eigenvalue weighted by molar-refractivity contribution is 7.71. The molecule has 1 atom stereocenters. The minimum atomic E-state index is -0.564. The smallest absolute Gasteiger partial charge is 0.266 e. The maximum absolute atomic E-state index is 12.3. The summed E-state index contributed by atoms with van der Waals surface area (Å²) in [4.78, 5) is 27.3. The minimum Gasteiger partial charge on any atom is -0.429 e.